The molecule has 3 N–H and O–H groups in total. The third-order valence-corrected chi connectivity index (χ3v) is 3.13. The highest BCUT2D eigenvalue weighted by atomic mass is 16.3. The smallest absolute Gasteiger partial charge is 0.240 e. The highest BCUT2D eigenvalue weighted by Gasteiger charge is 2.30. The summed E-state index contributed by atoms with van der Waals surface area (Å²) in [6.07, 6.45) is 2.82. The Bertz CT molecular complexity index is 420. The molecule has 0 aromatic carbocycles. The standard InChI is InChI=1S/C12H17N3O2/c1-8(16)9-4-5-14-11(7-9)15-6-2-3-10(15)12(13)17/h4-5,7-8,10,16H,2-3,6H2,1H3,(H2,13,17). The molecule has 1 aromatic rings. The lowest BCUT2D eigenvalue weighted by molar-refractivity contribution is -0.119. The lowest BCUT2D eigenvalue weighted by Gasteiger charge is -2.23. The number of aromatic nitrogens is 1. The van der Waals surface area contributed by atoms with E-state index < -0.39 is 6.10 Å². The van der Waals surface area contributed by atoms with Crippen LogP contribution in [-0.2, 0) is 4.79 Å². The zero-order valence-corrected chi connectivity index (χ0v) is 9.84. The van der Waals surface area contributed by atoms with Crippen molar-refractivity contribution in [3.63, 3.8) is 0 Å². The Labute approximate surface area is 100 Å². The van der Waals surface area contributed by atoms with E-state index in [0.29, 0.717) is 5.82 Å². The summed E-state index contributed by atoms with van der Waals surface area (Å²) < 4.78 is 0. The van der Waals surface area contributed by atoms with E-state index >= 15 is 0 Å². The van der Waals surface area contributed by atoms with Crippen LogP contribution in [0.4, 0.5) is 5.82 Å². The van der Waals surface area contributed by atoms with Crippen molar-refractivity contribution >= 4 is 11.7 Å². The van der Waals surface area contributed by atoms with Crippen LogP contribution in [0.25, 0.3) is 0 Å². The summed E-state index contributed by atoms with van der Waals surface area (Å²) in [6, 6.07) is 3.31. The maximum Gasteiger partial charge on any atom is 0.240 e. The van der Waals surface area contributed by atoms with Crippen LogP contribution in [0.5, 0.6) is 0 Å². The summed E-state index contributed by atoms with van der Waals surface area (Å²) in [4.78, 5) is 17.5. The van der Waals surface area contributed by atoms with Crippen molar-refractivity contribution in [2.75, 3.05) is 11.4 Å². The molecule has 2 rings (SSSR count). The molecule has 1 aromatic heterocycles. The minimum Gasteiger partial charge on any atom is -0.389 e. The predicted molar refractivity (Wildman–Crippen MR) is 64.4 cm³/mol. The molecule has 1 amide bonds. The van der Waals surface area contributed by atoms with Gasteiger partial charge < -0.3 is 15.7 Å². The van der Waals surface area contributed by atoms with E-state index in [1.807, 2.05) is 11.0 Å². The third-order valence-electron chi connectivity index (χ3n) is 3.13. The summed E-state index contributed by atoms with van der Waals surface area (Å²) >= 11 is 0. The van der Waals surface area contributed by atoms with Gasteiger partial charge in [-0.25, -0.2) is 4.98 Å². The van der Waals surface area contributed by atoms with E-state index in [1.54, 1.807) is 19.2 Å². The number of hydrogen-bond donors (Lipinski definition) is 2. The van der Waals surface area contributed by atoms with Crippen molar-refractivity contribution in [3.05, 3.63) is 23.9 Å². The molecule has 1 saturated heterocycles. The van der Waals surface area contributed by atoms with Gasteiger partial charge >= 0.3 is 0 Å². The number of anilines is 1. The minimum absolute atomic E-state index is 0.272. The first-order valence-corrected chi connectivity index (χ1v) is 5.79. The summed E-state index contributed by atoms with van der Waals surface area (Å²) in [5.74, 6) is 0.399. The Morgan fingerprint density at radius 2 is 2.47 bits per heavy atom. The number of aliphatic hydroxyl groups is 1. The summed E-state index contributed by atoms with van der Waals surface area (Å²) in [5.41, 5.74) is 6.16. The number of rotatable bonds is 3. The van der Waals surface area contributed by atoms with Gasteiger partial charge in [-0.3, -0.25) is 4.79 Å². The van der Waals surface area contributed by atoms with Gasteiger partial charge in [-0.05, 0) is 37.5 Å². The normalized spacial score (nSPS) is 21.5. The van der Waals surface area contributed by atoms with Crippen LogP contribution < -0.4 is 10.6 Å². The Kier molecular flexibility index (Phi) is 3.28. The van der Waals surface area contributed by atoms with Gasteiger partial charge in [-0.1, -0.05) is 0 Å². The van der Waals surface area contributed by atoms with Gasteiger partial charge in [0.2, 0.25) is 5.91 Å². The van der Waals surface area contributed by atoms with Crippen molar-refractivity contribution in [1.29, 1.82) is 0 Å². The molecule has 0 saturated carbocycles. The molecule has 2 unspecified atom stereocenters. The third kappa shape index (κ3) is 2.39. The lowest BCUT2D eigenvalue weighted by atomic mass is 10.1. The number of nitrogens with two attached hydrogens (primary N) is 1. The molecule has 1 aliphatic rings. The summed E-state index contributed by atoms with van der Waals surface area (Å²) in [7, 11) is 0. The van der Waals surface area contributed by atoms with Crippen molar-refractivity contribution < 1.29 is 9.90 Å². The van der Waals surface area contributed by atoms with Gasteiger partial charge in [0.05, 0.1) is 6.10 Å². The van der Waals surface area contributed by atoms with E-state index in [1.165, 1.54) is 0 Å². The highest BCUT2D eigenvalue weighted by Crippen LogP contribution is 2.25. The molecule has 5 nitrogen and oxygen atoms in total. The second kappa shape index (κ2) is 4.71. The zero-order valence-electron chi connectivity index (χ0n) is 9.84. The monoisotopic (exact) mass is 235 g/mol. The summed E-state index contributed by atoms with van der Waals surface area (Å²) in [6.45, 7) is 2.48. The van der Waals surface area contributed by atoms with Crippen LogP contribution in [0.3, 0.4) is 0 Å². The zero-order chi connectivity index (χ0) is 12.4. The molecule has 1 fully saturated rings. The first-order chi connectivity index (χ1) is 8.09. The fourth-order valence-electron chi connectivity index (χ4n) is 2.19. The quantitative estimate of drug-likeness (QED) is 0.803. The molecule has 92 valence electrons. The number of carbonyl (C=O) groups excluding carboxylic acids is 1. The van der Waals surface area contributed by atoms with Gasteiger partial charge in [-0.15, -0.1) is 0 Å². The second-order valence-electron chi connectivity index (χ2n) is 4.38. The van der Waals surface area contributed by atoms with Crippen LogP contribution in [0.1, 0.15) is 31.4 Å². The number of carbonyl (C=O) groups is 1. The Hall–Kier alpha value is -1.62. The maximum absolute atomic E-state index is 11.3. The molecule has 2 heterocycles. The molecule has 1 aliphatic heterocycles. The number of pyridine rings is 1. The Morgan fingerprint density at radius 3 is 3.12 bits per heavy atom. The first kappa shape index (κ1) is 11.9. The molecular weight excluding hydrogens is 218 g/mol. The molecule has 5 heteroatoms. The number of nitrogens with zero attached hydrogens (tertiary/aromatic N) is 2. The van der Waals surface area contributed by atoms with Crippen LogP contribution >= 0.6 is 0 Å². The highest BCUT2D eigenvalue weighted by molar-refractivity contribution is 5.83. The minimum atomic E-state index is -0.536. The molecule has 0 radical (unpaired) electrons. The van der Waals surface area contributed by atoms with Gasteiger partial charge in [0.25, 0.3) is 0 Å². The molecule has 0 bridgehead atoms. The van der Waals surface area contributed by atoms with Gasteiger partial charge in [0, 0.05) is 12.7 Å². The first-order valence-electron chi connectivity index (χ1n) is 5.79. The molecule has 0 aliphatic carbocycles. The molecule has 0 spiro atoms. The Balaban J connectivity index is 2.27. The van der Waals surface area contributed by atoms with Crippen molar-refractivity contribution in [2.45, 2.75) is 31.9 Å². The van der Waals surface area contributed by atoms with Gasteiger partial charge in [0.15, 0.2) is 0 Å². The fraction of sp³-hybridized carbons (Fsp3) is 0.500. The Morgan fingerprint density at radius 1 is 1.71 bits per heavy atom. The molecular formula is C12H17N3O2. The van der Waals surface area contributed by atoms with Crippen LogP contribution in [0.15, 0.2) is 18.3 Å². The number of hydrogen-bond acceptors (Lipinski definition) is 4. The average Bonchev–Trinajstić information content (AvgIpc) is 2.78. The largest absolute Gasteiger partial charge is 0.389 e. The number of aliphatic hydroxyl groups excluding tert-OH is 1. The van der Waals surface area contributed by atoms with E-state index in [0.717, 1.165) is 24.9 Å². The van der Waals surface area contributed by atoms with Gasteiger partial charge in [-0.2, -0.15) is 0 Å². The van der Waals surface area contributed by atoms with E-state index in [9.17, 15) is 9.90 Å². The predicted octanol–water partition coefficient (Wildman–Crippen LogP) is 0.589. The van der Waals surface area contributed by atoms with E-state index in [-0.39, 0.29) is 11.9 Å². The second-order valence-corrected chi connectivity index (χ2v) is 4.38. The van der Waals surface area contributed by atoms with Crippen molar-refractivity contribution in [1.82, 2.24) is 4.98 Å². The average molecular weight is 235 g/mol. The number of primary amides is 1. The van der Waals surface area contributed by atoms with Crippen molar-refractivity contribution in [3.8, 4) is 0 Å². The summed E-state index contributed by atoms with van der Waals surface area (Å²) in [5, 5.41) is 9.53. The molecule has 2 atom stereocenters. The maximum atomic E-state index is 11.3. The van der Waals surface area contributed by atoms with E-state index in [4.69, 9.17) is 5.73 Å². The molecule has 17 heavy (non-hydrogen) atoms. The van der Waals surface area contributed by atoms with Gasteiger partial charge in [0.1, 0.15) is 11.9 Å². The van der Waals surface area contributed by atoms with Crippen LogP contribution in [0.2, 0.25) is 0 Å². The van der Waals surface area contributed by atoms with Crippen LogP contribution in [-0.4, -0.2) is 28.6 Å². The van der Waals surface area contributed by atoms with Crippen LogP contribution in [0, 0.1) is 0 Å². The number of amides is 1. The van der Waals surface area contributed by atoms with Crippen molar-refractivity contribution in [2.24, 2.45) is 5.73 Å². The topological polar surface area (TPSA) is 79.5 Å². The lowest BCUT2D eigenvalue weighted by Crippen LogP contribution is -2.40. The SMILES string of the molecule is CC(O)c1ccnc(N2CCCC2C(N)=O)c1. The fourth-order valence-corrected chi connectivity index (χ4v) is 2.19. The van der Waals surface area contributed by atoms with E-state index in [2.05, 4.69) is 4.98 Å².